The minimum Gasteiger partial charge on any atom is -0.406 e. The van der Waals surface area contributed by atoms with Crippen LogP contribution in [-0.2, 0) is 6.54 Å². The Morgan fingerprint density at radius 3 is 2.33 bits per heavy atom. The van der Waals surface area contributed by atoms with Gasteiger partial charge in [0.05, 0.1) is 6.54 Å². The Labute approximate surface area is 126 Å². The van der Waals surface area contributed by atoms with Gasteiger partial charge in [0.25, 0.3) is 0 Å². The molecule has 0 bridgehead atoms. The lowest BCUT2D eigenvalue weighted by Gasteiger charge is -2.18. The minimum atomic E-state index is 0.0226. The molecule has 1 heterocycles. The highest BCUT2D eigenvalue weighted by molar-refractivity contribution is 5.52. The first-order valence-electron chi connectivity index (χ1n) is 7.28. The van der Waals surface area contributed by atoms with E-state index in [0.717, 1.165) is 5.69 Å². The predicted octanol–water partition coefficient (Wildman–Crippen LogP) is 3.82. The quantitative estimate of drug-likeness (QED) is 0.875. The Balaban J connectivity index is 1.96. The van der Waals surface area contributed by atoms with E-state index in [4.69, 9.17) is 4.42 Å². The molecule has 5 heteroatoms. The molecule has 1 aromatic carbocycles. The van der Waals surface area contributed by atoms with E-state index in [1.165, 1.54) is 5.56 Å². The molecule has 0 saturated heterocycles. The summed E-state index contributed by atoms with van der Waals surface area (Å²) < 4.78 is 5.56. The summed E-state index contributed by atoms with van der Waals surface area (Å²) in [7, 11) is 0. The third-order valence-corrected chi connectivity index (χ3v) is 3.07. The first-order valence-corrected chi connectivity index (χ1v) is 7.28. The van der Waals surface area contributed by atoms with Gasteiger partial charge in [-0.15, -0.1) is 5.10 Å². The number of hydrogen-bond donors (Lipinski definition) is 2. The van der Waals surface area contributed by atoms with Crippen molar-refractivity contribution in [2.24, 2.45) is 0 Å². The second-order valence-corrected chi connectivity index (χ2v) is 6.51. The Bertz CT molecular complexity index is 567. The lowest BCUT2D eigenvalue weighted by molar-refractivity contribution is 0.384. The van der Waals surface area contributed by atoms with Crippen LogP contribution in [0.4, 0.5) is 11.7 Å². The molecule has 5 nitrogen and oxygen atoms in total. The standard InChI is InChI=1S/C16H24N4O/c1-11(2)12-6-8-13(9-7-12)18-15-20-19-14(21-15)10-17-16(3,4)5/h6-9,11,17H,10H2,1-5H3,(H,18,20). The van der Waals surface area contributed by atoms with Crippen molar-refractivity contribution in [3.05, 3.63) is 35.7 Å². The second-order valence-electron chi connectivity index (χ2n) is 6.51. The van der Waals surface area contributed by atoms with Crippen molar-refractivity contribution in [2.75, 3.05) is 5.32 Å². The fourth-order valence-corrected chi connectivity index (χ4v) is 1.79. The molecule has 0 spiro atoms. The van der Waals surface area contributed by atoms with Crippen LogP contribution in [-0.4, -0.2) is 15.7 Å². The number of nitrogens with zero attached hydrogens (tertiary/aromatic N) is 2. The van der Waals surface area contributed by atoms with Gasteiger partial charge in [0, 0.05) is 11.2 Å². The van der Waals surface area contributed by atoms with Crippen molar-refractivity contribution in [3.8, 4) is 0 Å². The fourth-order valence-electron chi connectivity index (χ4n) is 1.79. The van der Waals surface area contributed by atoms with Crippen LogP contribution in [0.5, 0.6) is 0 Å². The van der Waals surface area contributed by atoms with Crippen LogP contribution in [0.15, 0.2) is 28.7 Å². The van der Waals surface area contributed by atoms with E-state index in [9.17, 15) is 0 Å². The Kier molecular flexibility index (Phi) is 4.63. The number of aromatic nitrogens is 2. The molecule has 0 saturated carbocycles. The minimum absolute atomic E-state index is 0.0226. The zero-order chi connectivity index (χ0) is 15.5. The van der Waals surface area contributed by atoms with Gasteiger partial charge in [-0.3, -0.25) is 0 Å². The maximum absolute atomic E-state index is 5.56. The summed E-state index contributed by atoms with van der Waals surface area (Å²) in [6.07, 6.45) is 0. The van der Waals surface area contributed by atoms with Crippen LogP contribution in [0.1, 0.15) is 52.0 Å². The first kappa shape index (κ1) is 15.5. The van der Waals surface area contributed by atoms with Gasteiger partial charge in [-0.1, -0.05) is 31.1 Å². The number of anilines is 2. The van der Waals surface area contributed by atoms with E-state index < -0.39 is 0 Å². The summed E-state index contributed by atoms with van der Waals surface area (Å²) in [6.45, 7) is 11.2. The highest BCUT2D eigenvalue weighted by atomic mass is 16.4. The lowest BCUT2D eigenvalue weighted by Crippen LogP contribution is -2.35. The molecule has 0 aliphatic heterocycles. The molecule has 2 aromatic rings. The van der Waals surface area contributed by atoms with Crippen molar-refractivity contribution < 1.29 is 4.42 Å². The predicted molar refractivity (Wildman–Crippen MR) is 84.7 cm³/mol. The number of rotatable bonds is 5. The van der Waals surface area contributed by atoms with E-state index in [0.29, 0.717) is 24.4 Å². The average molecular weight is 288 g/mol. The topological polar surface area (TPSA) is 63.0 Å². The molecular weight excluding hydrogens is 264 g/mol. The Hall–Kier alpha value is -1.88. The third-order valence-electron chi connectivity index (χ3n) is 3.07. The molecule has 0 aliphatic carbocycles. The summed E-state index contributed by atoms with van der Waals surface area (Å²) in [6, 6.07) is 8.66. The summed E-state index contributed by atoms with van der Waals surface area (Å²) in [5, 5.41) is 14.5. The summed E-state index contributed by atoms with van der Waals surface area (Å²) in [5.41, 5.74) is 2.27. The second kappa shape index (κ2) is 6.26. The van der Waals surface area contributed by atoms with Crippen LogP contribution >= 0.6 is 0 Å². The zero-order valence-corrected chi connectivity index (χ0v) is 13.4. The zero-order valence-electron chi connectivity index (χ0n) is 13.4. The number of nitrogens with one attached hydrogen (secondary N) is 2. The maximum Gasteiger partial charge on any atom is 0.320 e. The molecule has 0 fully saturated rings. The lowest BCUT2D eigenvalue weighted by atomic mass is 10.0. The van der Waals surface area contributed by atoms with E-state index in [1.807, 2.05) is 12.1 Å². The highest BCUT2D eigenvalue weighted by Crippen LogP contribution is 2.20. The maximum atomic E-state index is 5.56. The van der Waals surface area contributed by atoms with E-state index in [1.54, 1.807) is 0 Å². The highest BCUT2D eigenvalue weighted by Gasteiger charge is 2.12. The van der Waals surface area contributed by atoms with Crippen LogP contribution in [0, 0.1) is 0 Å². The molecule has 114 valence electrons. The first-order chi connectivity index (χ1) is 9.83. The van der Waals surface area contributed by atoms with Crippen LogP contribution < -0.4 is 10.6 Å². The monoisotopic (exact) mass is 288 g/mol. The smallest absolute Gasteiger partial charge is 0.320 e. The molecule has 2 rings (SSSR count). The molecule has 0 aliphatic rings. The van der Waals surface area contributed by atoms with Crippen LogP contribution in [0.25, 0.3) is 0 Å². The molecule has 1 aromatic heterocycles. The fraction of sp³-hybridized carbons (Fsp3) is 0.500. The average Bonchev–Trinajstić information content (AvgIpc) is 2.84. The Morgan fingerprint density at radius 2 is 1.76 bits per heavy atom. The van der Waals surface area contributed by atoms with E-state index in [-0.39, 0.29) is 5.54 Å². The van der Waals surface area contributed by atoms with Crippen LogP contribution in [0.3, 0.4) is 0 Å². The molecule has 21 heavy (non-hydrogen) atoms. The van der Waals surface area contributed by atoms with Gasteiger partial charge < -0.3 is 15.1 Å². The normalized spacial score (nSPS) is 11.9. The van der Waals surface area contributed by atoms with E-state index in [2.05, 4.69) is 67.6 Å². The number of hydrogen-bond acceptors (Lipinski definition) is 5. The van der Waals surface area contributed by atoms with Crippen molar-refractivity contribution >= 4 is 11.7 Å². The SMILES string of the molecule is CC(C)c1ccc(Nc2nnc(CNC(C)(C)C)o2)cc1. The van der Waals surface area contributed by atoms with Gasteiger partial charge in [-0.2, -0.15) is 0 Å². The van der Waals surface area contributed by atoms with Crippen molar-refractivity contribution in [1.82, 2.24) is 15.5 Å². The summed E-state index contributed by atoms with van der Waals surface area (Å²) in [5.74, 6) is 1.10. The van der Waals surface area contributed by atoms with E-state index >= 15 is 0 Å². The van der Waals surface area contributed by atoms with Gasteiger partial charge in [-0.05, 0) is 44.4 Å². The Morgan fingerprint density at radius 1 is 1.10 bits per heavy atom. The van der Waals surface area contributed by atoms with Crippen molar-refractivity contribution in [3.63, 3.8) is 0 Å². The molecule has 0 amide bonds. The largest absolute Gasteiger partial charge is 0.406 e. The van der Waals surface area contributed by atoms with Gasteiger partial charge in [0.1, 0.15) is 0 Å². The van der Waals surface area contributed by atoms with Gasteiger partial charge in [0.15, 0.2) is 0 Å². The van der Waals surface area contributed by atoms with Crippen LogP contribution in [0.2, 0.25) is 0 Å². The van der Waals surface area contributed by atoms with Gasteiger partial charge in [0.2, 0.25) is 5.89 Å². The molecule has 2 N–H and O–H groups in total. The summed E-state index contributed by atoms with van der Waals surface area (Å²) in [4.78, 5) is 0. The van der Waals surface area contributed by atoms with Crippen molar-refractivity contribution in [1.29, 1.82) is 0 Å². The molecular formula is C16H24N4O. The molecule has 0 radical (unpaired) electrons. The number of benzene rings is 1. The van der Waals surface area contributed by atoms with Gasteiger partial charge >= 0.3 is 6.01 Å². The molecule has 0 unspecified atom stereocenters. The third kappa shape index (κ3) is 4.86. The van der Waals surface area contributed by atoms with Crippen molar-refractivity contribution in [2.45, 2.75) is 52.6 Å². The molecule has 0 atom stereocenters. The summed E-state index contributed by atoms with van der Waals surface area (Å²) >= 11 is 0. The van der Waals surface area contributed by atoms with Gasteiger partial charge in [-0.25, -0.2) is 0 Å².